The van der Waals surface area contributed by atoms with Gasteiger partial charge in [-0.1, -0.05) is 25.3 Å². The minimum Gasteiger partial charge on any atom is -0.463 e. The molecule has 1 atom stereocenters. The molecule has 0 aliphatic carbocycles. The Labute approximate surface area is 134 Å². The molecule has 1 saturated heterocycles. The number of hydrogen-bond donors (Lipinski definition) is 1. The Morgan fingerprint density at radius 1 is 1.48 bits per heavy atom. The average molecular weight is 342 g/mol. The van der Waals surface area contributed by atoms with Gasteiger partial charge in [0.05, 0.1) is 6.04 Å². The summed E-state index contributed by atoms with van der Waals surface area (Å²) in [6.45, 7) is 5.82. The van der Waals surface area contributed by atoms with Crippen LogP contribution in [-0.4, -0.2) is 28.7 Å². The second kappa shape index (κ2) is 5.41. The first-order valence-electron chi connectivity index (χ1n) is 6.68. The van der Waals surface area contributed by atoms with Gasteiger partial charge in [-0.3, -0.25) is 0 Å². The minimum atomic E-state index is -3.70. The number of nitrogens with zero attached hydrogens (tertiary/aromatic N) is 2. The molecule has 0 spiro atoms. The summed E-state index contributed by atoms with van der Waals surface area (Å²) in [6, 6.07) is 4.07. The zero-order chi connectivity index (χ0) is 16.8. The molecule has 9 heteroatoms. The average Bonchev–Trinajstić information content (AvgIpc) is 2.91. The lowest BCUT2D eigenvalue weighted by atomic mass is 10.1. The van der Waals surface area contributed by atoms with E-state index < -0.39 is 12.4 Å². The van der Waals surface area contributed by atoms with Crippen LogP contribution < -0.4 is 14.4 Å². The summed E-state index contributed by atoms with van der Waals surface area (Å²) in [5, 5.41) is 9.13. The number of halogens is 2. The predicted molar refractivity (Wildman–Crippen MR) is 81.4 cm³/mol. The number of amides is 1. The number of hydrogen-bond acceptors (Lipinski definition) is 4. The first-order valence-corrected chi connectivity index (χ1v) is 7.50. The highest BCUT2D eigenvalue weighted by molar-refractivity contribution is 8.18. The smallest absolute Gasteiger partial charge is 0.463 e. The normalized spacial score (nSPS) is 23.6. The molecule has 6 nitrogen and oxygen atoms in total. The molecule has 1 unspecified atom stereocenters. The number of fused-ring (bicyclic) bond motifs is 1. The Bertz CT molecular complexity index is 723. The summed E-state index contributed by atoms with van der Waals surface area (Å²) in [6.07, 6.45) is -4.39. The number of ether oxygens (including phenoxy) is 2. The van der Waals surface area contributed by atoms with Gasteiger partial charge in [0.15, 0.2) is 16.7 Å². The van der Waals surface area contributed by atoms with Crippen molar-refractivity contribution < 1.29 is 28.2 Å². The van der Waals surface area contributed by atoms with Crippen LogP contribution in [0, 0.1) is 0 Å². The van der Waals surface area contributed by atoms with Gasteiger partial charge < -0.3 is 19.5 Å². The molecule has 3 rings (SSSR count). The maximum absolute atomic E-state index is 13.1. The third kappa shape index (κ3) is 2.83. The van der Waals surface area contributed by atoms with E-state index in [9.17, 15) is 13.6 Å². The number of benzene rings is 1. The third-order valence-corrected chi connectivity index (χ3v) is 4.36. The van der Waals surface area contributed by atoms with Crippen molar-refractivity contribution in [3.05, 3.63) is 29.7 Å². The Balaban J connectivity index is 2.02. The molecule has 1 fully saturated rings. The fourth-order valence-electron chi connectivity index (χ4n) is 2.46. The number of anilines is 1. The molecule has 122 valence electrons. The molecule has 23 heavy (non-hydrogen) atoms. The maximum Gasteiger partial charge on any atom is 0.586 e. The van der Waals surface area contributed by atoms with Gasteiger partial charge >= 0.3 is 12.4 Å². The second-order valence-corrected chi connectivity index (χ2v) is 5.93. The summed E-state index contributed by atoms with van der Waals surface area (Å²) in [7, 11) is 0. The van der Waals surface area contributed by atoms with Crippen LogP contribution in [0.2, 0.25) is 0 Å². The number of aliphatic imine (C=N–C) groups is 1. The largest absolute Gasteiger partial charge is 0.586 e. The molecule has 1 N–H and O–H groups in total. The van der Waals surface area contributed by atoms with Crippen LogP contribution >= 0.6 is 11.8 Å². The lowest BCUT2D eigenvalue weighted by Crippen LogP contribution is -2.33. The summed E-state index contributed by atoms with van der Waals surface area (Å²) < 4.78 is 35.0. The molecule has 0 aromatic heterocycles. The molecule has 0 bridgehead atoms. The molecule has 2 aliphatic heterocycles. The molecule has 1 aromatic carbocycles. The zero-order valence-corrected chi connectivity index (χ0v) is 12.8. The van der Waals surface area contributed by atoms with E-state index in [0.29, 0.717) is 12.1 Å². The van der Waals surface area contributed by atoms with E-state index in [1.807, 2.05) is 6.92 Å². The van der Waals surface area contributed by atoms with Gasteiger partial charge in [0, 0.05) is 16.7 Å². The molecular weight excluding hydrogens is 330 g/mol. The van der Waals surface area contributed by atoms with Crippen molar-refractivity contribution in [2.75, 3.05) is 4.90 Å². The highest BCUT2D eigenvalue weighted by Gasteiger charge is 2.44. The van der Waals surface area contributed by atoms with Crippen molar-refractivity contribution in [2.45, 2.75) is 25.7 Å². The summed E-state index contributed by atoms with van der Waals surface area (Å²) in [5.74, 6) is -0.186. The summed E-state index contributed by atoms with van der Waals surface area (Å²) in [4.78, 5) is 16.8. The van der Waals surface area contributed by atoms with Gasteiger partial charge in [0.25, 0.3) is 0 Å². The van der Waals surface area contributed by atoms with Gasteiger partial charge in [-0.05, 0) is 18.6 Å². The quantitative estimate of drug-likeness (QED) is 0.879. The fourth-order valence-corrected chi connectivity index (χ4v) is 3.56. The van der Waals surface area contributed by atoms with Crippen LogP contribution in [-0.2, 0) is 0 Å². The Morgan fingerprint density at radius 2 is 2.17 bits per heavy atom. The number of thioether (sulfide) groups is 1. The van der Waals surface area contributed by atoms with Crippen LogP contribution in [0.25, 0.3) is 0 Å². The first kappa shape index (κ1) is 15.6. The van der Waals surface area contributed by atoms with E-state index in [4.69, 9.17) is 5.11 Å². The molecule has 0 saturated carbocycles. The van der Waals surface area contributed by atoms with Crippen molar-refractivity contribution in [1.82, 2.24) is 0 Å². The van der Waals surface area contributed by atoms with Gasteiger partial charge in [-0.15, -0.1) is 8.78 Å². The fraction of sp³-hybridized carbons (Fsp3) is 0.286. The second-order valence-electron chi connectivity index (χ2n) is 4.84. The molecule has 0 radical (unpaired) electrons. The van der Waals surface area contributed by atoms with Crippen LogP contribution in [0.5, 0.6) is 11.5 Å². The summed E-state index contributed by atoms with van der Waals surface area (Å²) in [5.41, 5.74) is 0.475. The SMILES string of the molecule is C=C1SC(=NC(=O)O)N(c2ccc3c(c2)OC(F)(F)O3)C1CC. The van der Waals surface area contributed by atoms with Crippen molar-refractivity contribution in [3.63, 3.8) is 0 Å². The van der Waals surface area contributed by atoms with Gasteiger partial charge in [0.2, 0.25) is 0 Å². The van der Waals surface area contributed by atoms with Crippen molar-refractivity contribution in [2.24, 2.45) is 4.99 Å². The summed E-state index contributed by atoms with van der Waals surface area (Å²) >= 11 is 1.14. The Hall–Kier alpha value is -2.29. The van der Waals surface area contributed by atoms with Crippen molar-refractivity contribution in [3.8, 4) is 11.5 Å². The van der Waals surface area contributed by atoms with Crippen LogP contribution in [0.15, 0.2) is 34.7 Å². The molecular formula is C14H12F2N2O4S. The number of carbonyl (C=O) groups is 1. The zero-order valence-electron chi connectivity index (χ0n) is 12.0. The predicted octanol–water partition coefficient (Wildman–Crippen LogP) is 3.89. The topological polar surface area (TPSA) is 71.4 Å². The van der Waals surface area contributed by atoms with E-state index >= 15 is 0 Å². The lowest BCUT2D eigenvalue weighted by molar-refractivity contribution is -0.286. The van der Waals surface area contributed by atoms with Crippen LogP contribution in [0.4, 0.5) is 19.3 Å². The van der Waals surface area contributed by atoms with E-state index in [1.54, 1.807) is 11.0 Å². The minimum absolute atomic E-state index is 0.0748. The highest BCUT2D eigenvalue weighted by atomic mass is 32.2. The monoisotopic (exact) mass is 342 g/mol. The molecule has 1 amide bonds. The maximum atomic E-state index is 13.1. The first-order chi connectivity index (χ1) is 10.8. The lowest BCUT2D eigenvalue weighted by Gasteiger charge is -2.25. The van der Waals surface area contributed by atoms with E-state index in [0.717, 1.165) is 16.7 Å². The van der Waals surface area contributed by atoms with Crippen molar-refractivity contribution in [1.29, 1.82) is 0 Å². The van der Waals surface area contributed by atoms with E-state index in [-0.39, 0.29) is 22.7 Å². The number of rotatable bonds is 2. The molecule has 2 aliphatic rings. The highest BCUT2D eigenvalue weighted by Crippen LogP contribution is 2.46. The van der Waals surface area contributed by atoms with E-state index in [1.165, 1.54) is 12.1 Å². The molecule has 1 aromatic rings. The molecule has 2 heterocycles. The standard InChI is InChI=1S/C14H12F2N2O4S/c1-3-9-7(2)23-12(17-13(19)20)18(9)8-4-5-10-11(6-8)22-14(15,16)21-10/h4-6,9H,2-3H2,1H3,(H,19,20). The Kier molecular flexibility index (Phi) is 3.67. The number of carboxylic acid groups (broad SMARTS) is 1. The number of amidine groups is 1. The van der Waals surface area contributed by atoms with E-state index in [2.05, 4.69) is 21.0 Å². The van der Waals surface area contributed by atoms with Crippen LogP contribution in [0.1, 0.15) is 13.3 Å². The Morgan fingerprint density at radius 3 is 2.83 bits per heavy atom. The number of alkyl halides is 2. The van der Waals surface area contributed by atoms with Gasteiger partial charge in [0.1, 0.15) is 0 Å². The van der Waals surface area contributed by atoms with Crippen LogP contribution in [0.3, 0.4) is 0 Å². The van der Waals surface area contributed by atoms with Gasteiger partial charge in [-0.2, -0.15) is 4.99 Å². The van der Waals surface area contributed by atoms with Crippen molar-refractivity contribution >= 4 is 28.7 Å². The third-order valence-electron chi connectivity index (χ3n) is 3.35. The van der Waals surface area contributed by atoms with Gasteiger partial charge in [-0.25, -0.2) is 4.79 Å².